The quantitative estimate of drug-likeness (QED) is 0.441. The van der Waals surface area contributed by atoms with Gasteiger partial charge in [-0.3, -0.25) is 4.79 Å². The number of halogens is 1. The van der Waals surface area contributed by atoms with Crippen LogP contribution < -0.4 is 4.90 Å². The predicted molar refractivity (Wildman–Crippen MR) is 124 cm³/mol. The monoisotopic (exact) mass is 463 g/mol. The van der Waals surface area contributed by atoms with Crippen LogP contribution in [0.1, 0.15) is 55.7 Å². The molecule has 1 unspecified atom stereocenters. The average molecular weight is 464 g/mol. The van der Waals surface area contributed by atoms with Crippen molar-refractivity contribution in [1.29, 1.82) is 0 Å². The Hall–Kier alpha value is -2.44. The van der Waals surface area contributed by atoms with Crippen LogP contribution in [0.3, 0.4) is 0 Å². The average Bonchev–Trinajstić information content (AvgIpc) is 2.78. The first-order valence-electron chi connectivity index (χ1n) is 12.7. The topological polar surface area (TPSA) is 48.0 Å². The number of carbonyl (C=O) groups excluding carboxylic acids is 1. The number of fused-ring (bicyclic) bond motifs is 4. The maximum Gasteiger partial charge on any atom is 0.325 e. The molecule has 2 aromatic carbocycles. The molecule has 4 bridgehead atoms. The Balaban J connectivity index is 1.46. The Morgan fingerprint density at radius 2 is 1.65 bits per heavy atom. The summed E-state index contributed by atoms with van der Waals surface area (Å²) in [6.07, 6.45) is 6.03. The molecule has 1 saturated heterocycles. The van der Waals surface area contributed by atoms with Crippen LogP contribution >= 0.6 is 0 Å². The lowest BCUT2D eigenvalue weighted by Crippen LogP contribution is -2.76. The van der Waals surface area contributed by atoms with Crippen molar-refractivity contribution < 1.29 is 23.7 Å². The highest BCUT2D eigenvalue weighted by Gasteiger charge is 2.77. The predicted octanol–water partition coefficient (Wildman–Crippen LogP) is 5.55. The third kappa shape index (κ3) is 2.48. The second kappa shape index (κ2) is 7.05. The van der Waals surface area contributed by atoms with Crippen molar-refractivity contribution in [2.24, 2.45) is 23.7 Å². The summed E-state index contributed by atoms with van der Waals surface area (Å²) in [6.45, 7) is 4.15. The van der Waals surface area contributed by atoms with Crippen LogP contribution in [0.2, 0.25) is 0 Å². The first kappa shape index (κ1) is 20.9. The molecule has 8 rings (SSSR count). The molecule has 0 N–H and O–H groups in total. The Morgan fingerprint density at radius 1 is 1.00 bits per heavy atom. The van der Waals surface area contributed by atoms with Crippen LogP contribution in [-0.4, -0.2) is 24.7 Å². The number of ether oxygens (including phenoxy) is 1. The van der Waals surface area contributed by atoms with Crippen LogP contribution in [-0.2, 0) is 24.9 Å². The van der Waals surface area contributed by atoms with Gasteiger partial charge in [0.05, 0.1) is 12.3 Å². The zero-order chi connectivity index (χ0) is 23.2. The van der Waals surface area contributed by atoms with Crippen molar-refractivity contribution in [3.8, 4) is 0 Å². The molecular formula is C28H30FNO4. The Bertz CT molecular complexity index is 1110. The maximum atomic E-state index is 14.7. The van der Waals surface area contributed by atoms with Crippen LogP contribution in [0, 0.1) is 36.4 Å². The van der Waals surface area contributed by atoms with Crippen molar-refractivity contribution in [2.75, 3.05) is 18.1 Å². The number of esters is 1. The third-order valence-corrected chi connectivity index (χ3v) is 9.25. The van der Waals surface area contributed by atoms with E-state index in [0.717, 1.165) is 34.2 Å². The molecule has 0 radical (unpaired) electrons. The number of benzene rings is 2. The molecule has 6 heteroatoms. The largest absolute Gasteiger partial charge is 0.465 e. The summed E-state index contributed by atoms with van der Waals surface area (Å²) in [5, 5.41) is 0. The van der Waals surface area contributed by atoms with E-state index in [1.807, 2.05) is 17.9 Å². The minimum Gasteiger partial charge on any atom is -0.465 e. The fraction of sp³-hybridized carbons (Fsp3) is 0.536. The van der Waals surface area contributed by atoms with Gasteiger partial charge in [0, 0.05) is 16.8 Å². The summed E-state index contributed by atoms with van der Waals surface area (Å²) in [5.74, 6) is 1.73. The van der Waals surface area contributed by atoms with E-state index in [1.54, 1.807) is 6.92 Å². The molecule has 2 spiro atoms. The molecule has 4 saturated carbocycles. The second-order valence-electron chi connectivity index (χ2n) is 11.0. The van der Waals surface area contributed by atoms with Gasteiger partial charge in [-0.05, 0) is 93.4 Å². The van der Waals surface area contributed by atoms with Crippen molar-refractivity contribution in [3.63, 3.8) is 0 Å². The van der Waals surface area contributed by atoms with Crippen LogP contribution in [0.25, 0.3) is 0 Å². The molecule has 0 aromatic heterocycles. The second-order valence-corrected chi connectivity index (χ2v) is 11.0. The normalized spacial score (nSPS) is 36.4. The van der Waals surface area contributed by atoms with Gasteiger partial charge >= 0.3 is 5.97 Å². The molecule has 4 aliphatic carbocycles. The lowest BCUT2D eigenvalue weighted by atomic mass is 9.44. The Kier molecular flexibility index (Phi) is 4.33. The molecule has 1 atom stereocenters. The van der Waals surface area contributed by atoms with E-state index in [-0.39, 0.29) is 18.3 Å². The Morgan fingerprint density at radius 3 is 2.26 bits per heavy atom. The van der Waals surface area contributed by atoms with Gasteiger partial charge in [-0.2, -0.15) is 0 Å². The van der Waals surface area contributed by atoms with Gasteiger partial charge in [-0.25, -0.2) is 14.2 Å². The van der Waals surface area contributed by atoms with Gasteiger partial charge in [-0.1, -0.05) is 18.2 Å². The van der Waals surface area contributed by atoms with E-state index in [1.165, 1.54) is 44.2 Å². The van der Waals surface area contributed by atoms with E-state index in [0.29, 0.717) is 24.1 Å². The highest BCUT2D eigenvalue weighted by molar-refractivity contribution is 5.86. The molecule has 5 nitrogen and oxygen atoms in total. The van der Waals surface area contributed by atoms with E-state index < -0.39 is 11.2 Å². The molecule has 0 amide bonds. The summed E-state index contributed by atoms with van der Waals surface area (Å²) < 4.78 is 20.0. The van der Waals surface area contributed by atoms with E-state index in [2.05, 4.69) is 18.2 Å². The van der Waals surface area contributed by atoms with E-state index >= 15 is 0 Å². The lowest BCUT2D eigenvalue weighted by molar-refractivity contribution is -0.583. The highest BCUT2D eigenvalue weighted by Crippen LogP contribution is 2.73. The first-order valence-corrected chi connectivity index (χ1v) is 12.7. The number of rotatable bonds is 3. The smallest absolute Gasteiger partial charge is 0.325 e. The van der Waals surface area contributed by atoms with Crippen LogP contribution in [0.15, 0.2) is 36.4 Å². The molecule has 6 aliphatic rings. The summed E-state index contributed by atoms with van der Waals surface area (Å²) >= 11 is 0. The van der Waals surface area contributed by atoms with Gasteiger partial charge in [0.15, 0.2) is 5.60 Å². The molecular weight excluding hydrogens is 433 g/mol. The minimum atomic E-state index is -0.799. The molecule has 178 valence electrons. The fourth-order valence-electron chi connectivity index (χ4n) is 8.30. The Labute approximate surface area is 199 Å². The zero-order valence-corrected chi connectivity index (χ0v) is 19.7. The lowest BCUT2D eigenvalue weighted by Gasteiger charge is -2.71. The van der Waals surface area contributed by atoms with Crippen LogP contribution in [0.5, 0.6) is 0 Å². The van der Waals surface area contributed by atoms with Crippen molar-refractivity contribution in [2.45, 2.75) is 57.2 Å². The van der Waals surface area contributed by atoms with E-state index in [9.17, 15) is 9.18 Å². The van der Waals surface area contributed by atoms with E-state index in [4.69, 9.17) is 14.5 Å². The van der Waals surface area contributed by atoms with Gasteiger partial charge in [0.2, 0.25) is 0 Å². The molecule has 5 fully saturated rings. The number of anilines is 2. The van der Waals surface area contributed by atoms with Crippen molar-refractivity contribution >= 4 is 17.3 Å². The van der Waals surface area contributed by atoms with Crippen molar-refractivity contribution in [3.05, 3.63) is 58.9 Å². The molecule has 2 aliphatic heterocycles. The minimum absolute atomic E-state index is 0.0156. The molecule has 34 heavy (non-hydrogen) atoms. The van der Waals surface area contributed by atoms with Gasteiger partial charge in [0.1, 0.15) is 18.0 Å². The third-order valence-electron chi connectivity index (χ3n) is 9.25. The number of carbonyl (C=O) groups is 1. The SMILES string of the molecule is CCOC(=O)CN1c2cc(C)ccc2C2(OOC23C2CC4CC(C2)CC3C4)c2ccc(F)cc21. The van der Waals surface area contributed by atoms with Crippen LogP contribution in [0.4, 0.5) is 15.8 Å². The summed E-state index contributed by atoms with van der Waals surface area (Å²) in [5.41, 5.74) is 3.28. The number of aryl methyl sites for hydroxylation is 1. The van der Waals surface area contributed by atoms with Gasteiger partial charge in [0.25, 0.3) is 0 Å². The fourth-order valence-corrected chi connectivity index (χ4v) is 8.30. The highest BCUT2D eigenvalue weighted by atomic mass is 19.1. The van der Waals surface area contributed by atoms with Crippen molar-refractivity contribution in [1.82, 2.24) is 0 Å². The summed E-state index contributed by atoms with van der Waals surface area (Å²) in [7, 11) is 0. The summed E-state index contributed by atoms with van der Waals surface area (Å²) in [6, 6.07) is 11.2. The number of hydrogen-bond donors (Lipinski definition) is 0. The maximum absolute atomic E-state index is 14.7. The zero-order valence-electron chi connectivity index (χ0n) is 19.7. The molecule has 2 heterocycles. The van der Waals surface area contributed by atoms with Gasteiger partial charge < -0.3 is 9.64 Å². The summed E-state index contributed by atoms with van der Waals surface area (Å²) in [4.78, 5) is 27.1. The first-order chi connectivity index (χ1) is 16.5. The standard InChI is InChI=1S/C28H30FNO4/c1-3-32-26(31)15-30-24-8-16(2)4-6-22(24)28(23-7-5-21(29)14-25(23)30)27(33-34-28)19-10-17-9-18(12-19)13-20(27)11-17/h4-8,14,17-20H,3,9-13,15H2,1-2H3. The number of hydrogen-bond acceptors (Lipinski definition) is 5. The van der Waals surface area contributed by atoms with Gasteiger partial charge in [-0.15, -0.1) is 0 Å². The number of nitrogens with zero attached hydrogens (tertiary/aromatic N) is 1. The molecule has 2 aromatic rings.